The molecule has 29 nitrogen and oxygen atoms in total. The third-order valence-electron chi connectivity index (χ3n) is 11.1. The molecule has 0 unspecified atom stereocenters. The Balaban J connectivity index is 0.000000424. The number of nitrogens with one attached hydrogen (secondary N) is 5. The Morgan fingerprint density at radius 2 is 0.820 bits per heavy atom. The van der Waals surface area contributed by atoms with Crippen molar-refractivity contribution in [3.63, 3.8) is 0 Å². The Bertz CT molecular complexity index is 3840. The van der Waals surface area contributed by atoms with Crippen LogP contribution in [0, 0.1) is 37.7 Å². The van der Waals surface area contributed by atoms with E-state index in [1.807, 2.05) is 0 Å². The molecule has 0 bridgehead atoms. The van der Waals surface area contributed by atoms with Crippen LogP contribution < -0.4 is 81.0 Å². The number of nitro benzene ring substituents is 2. The molecule has 0 spiro atoms. The highest BCUT2D eigenvalue weighted by Crippen LogP contribution is 2.26. The summed E-state index contributed by atoms with van der Waals surface area (Å²) in [7, 11) is 0. The number of amides is 2. The van der Waals surface area contributed by atoms with Crippen molar-refractivity contribution in [2.24, 2.45) is 0 Å². The lowest BCUT2D eigenvalue weighted by Gasteiger charge is -2.11. The number of rotatable bonds is 25. The number of halogens is 5. The number of aliphatic hydroxyl groups excluding tert-OH is 6. The number of anilines is 10. The fraction of sp³-hybridized carbons (Fsp3) is 0.152. The third kappa shape index (κ3) is 35.6. The standard InChI is InChI=1S/C21H20FN5O3.C13H10ClFN4O.C8H9NO4.2C8H11NO2.C6H4FNO2.C2H6O2.HI/c1-2-19(29)24-15-4-3-5-16(12-15)25-20-18(22)13-23-21(27-20)26-14-6-8-17(9-7-14)30-11-10-28;1-2-11(20)17-8-4-3-5-9(6-8)18-12-10(15)7-16-13(14)19-12;10-5-6-13-8-3-1-7(2-4-8)9(11)12;2*9-7-1-3-8(4-2-7)11-6-5-10;7-5-1-3-6(4-2-5)8(9)10;3-1-2-4;/h2-9,12-13,28H,1,10-11H2,(H,24,29)(H2,23,25,26,27);2-7H,1H2,(H,17,20)(H,16,18,19);1-4,10H,5-6H2;2*1-4,10H,5-6,9H2;1-4H;3-4H,1-2H2;1H/p-1. The molecule has 0 aliphatic carbocycles. The van der Waals surface area contributed by atoms with Gasteiger partial charge in [0.2, 0.25) is 23.0 Å². The number of hydrogen-bond acceptors (Lipinski definition) is 25. The van der Waals surface area contributed by atoms with Crippen LogP contribution in [0.4, 0.5) is 81.9 Å². The highest BCUT2D eigenvalue weighted by Gasteiger charge is 2.11. The summed E-state index contributed by atoms with van der Waals surface area (Å²) in [6, 6.07) is 44.6. The minimum absolute atomic E-state index is 0. The van der Waals surface area contributed by atoms with Gasteiger partial charge in [-0.1, -0.05) is 25.3 Å². The first-order chi connectivity index (χ1) is 47.6. The molecule has 34 heteroatoms. The Kier molecular flexibility index (Phi) is 41.7. The van der Waals surface area contributed by atoms with Gasteiger partial charge in [0.1, 0.15) is 55.2 Å². The van der Waals surface area contributed by atoms with E-state index < -0.39 is 27.3 Å². The fourth-order valence-electron chi connectivity index (χ4n) is 6.73. The zero-order valence-corrected chi connectivity index (χ0v) is 55.9. The maximum Gasteiger partial charge on any atom is 0.269 e. The van der Waals surface area contributed by atoms with Crippen LogP contribution in [-0.2, 0) is 9.59 Å². The largest absolute Gasteiger partial charge is 1.00 e. The lowest BCUT2D eigenvalue weighted by molar-refractivity contribution is -0.385. The summed E-state index contributed by atoms with van der Waals surface area (Å²) in [6.07, 6.45) is 4.35. The molecule has 7 aromatic carbocycles. The smallest absolute Gasteiger partial charge is 0.269 e. The summed E-state index contributed by atoms with van der Waals surface area (Å²) in [5, 5.41) is 83.4. The SMILES string of the molecule is C=CC(=O)Nc1cccc(Nc2nc(Cl)ncc2F)c1.C=CC(=O)Nc1cccc(Nc2nc(Nc3ccc(OCCO)cc3)ncc2F)c1.Nc1ccc(OCCO)cc1.Nc1ccc(OCCO)cc1.O=[N+]([O-])c1ccc(F)cc1.O=[N+]([O-])c1ccc(OCCO)cc1.OCCO.[I-]. The molecular weight excluding hydrogens is 1450 g/mol. The van der Waals surface area contributed by atoms with E-state index in [4.69, 9.17) is 72.7 Å². The molecule has 9 aromatic rings. The molecule has 0 aliphatic rings. The van der Waals surface area contributed by atoms with E-state index >= 15 is 0 Å². The number of benzene rings is 7. The quantitative estimate of drug-likeness (QED) is 0.00707. The molecule has 0 atom stereocenters. The number of nitro groups is 2. The number of aromatic nitrogens is 4. The van der Waals surface area contributed by atoms with Gasteiger partial charge < -0.3 is 112 Å². The van der Waals surface area contributed by atoms with E-state index in [0.29, 0.717) is 64.5 Å². The van der Waals surface area contributed by atoms with Gasteiger partial charge in [0, 0.05) is 64.1 Å². The highest BCUT2D eigenvalue weighted by molar-refractivity contribution is 6.28. The van der Waals surface area contributed by atoms with E-state index in [1.54, 1.807) is 121 Å². The summed E-state index contributed by atoms with van der Waals surface area (Å²) >= 11 is 5.60. The van der Waals surface area contributed by atoms with Gasteiger partial charge in [0.15, 0.2) is 23.3 Å². The molecule has 15 N–H and O–H groups in total. The first kappa shape index (κ1) is 84.8. The van der Waals surface area contributed by atoms with Crippen molar-refractivity contribution >= 4 is 92.2 Å². The van der Waals surface area contributed by atoms with Crippen LogP contribution >= 0.6 is 11.6 Å². The normalized spacial score (nSPS) is 9.62. The topological polar surface area (TPSA) is 442 Å². The Morgan fingerprint density at radius 3 is 1.18 bits per heavy atom. The summed E-state index contributed by atoms with van der Waals surface area (Å²) in [5.74, 6) is 0.299. The van der Waals surface area contributed by atoms with Gasteiger partial charge >= 0.3 is 0 Å². The summed E-state index contributed by atoms with van der Waals surface area (Å²) in [6.45, 7) is 7.49. The van der Waals surface area contributed by atoms with Crippen LogP contribution in [0.25, 0.3) is 0 Å². The van der Waals surface area contributed by atoms with Crippen molar-refractivity contribution in [2.45, 2.75) is 0 Å². The third-order valence-corrected chi connectivity index (χ3v) is 11.3. The monoisotopic (exact) mass is 1520 g/mol. The highest BCUT2D eigenvalue weighted by atomic mass is 127. The lowest BCUT2D eigenvalue weighted by atomic mass is 10.2. The van der Waals surface area contributed by atoms with E-state index in [2.05, 4.69) is 59.7 Å². The first-order valence-corrected chi connectivity index (χ1v) is 29.2. The average Bonchev–Trinajstić information content (AvgIpc) is 0.854. The van der Waals surface area contributed by atoms with Crippen LogP contribution in [0.15, 0.2) is 208 Å². The number of aliphatic hydroxyl groups is 6. The summed E-state index contributed by atoms with van der Waals surface area (Å²) in [5.41, 5.74) is 15.1. The minimum atomic E-state index is -0.631. The van der Waals surface area contributed by atoms with Crippen LogP contribution in [0.3, 0.4) is 0 Å². The number of nitrogens with zero attached hydrogens (tertiary/aromatic N) is 6. The van der Waals surface area contributed by atoms with Crippen molar-refractivity contribution < 1.29 is 106 Å². The van der Waals surface area contributed by atoms with Gasteiger partial charge in [0.05, 0.1) is 61.9 Å². The van der Waals surface area contributed by atoms with Gasteiger partial charge in [-0.25, -0.2) is 23.1 Å². The first-order valence-electron chi connectivity index (χ1n) is 28.9. The predicted octanol–water partition coefficient (Wildman–Crippen LogP) is 6.69. The molecule has 0 saturated carbocycles. The zero-order chi connectivity index (χ0) is 72.7. The van der Waals surface area contributed by atoms with Crippen molar-refractivity contribution in [3.8, 4) is 23.0 Å². The fourth-order valence-corrected chi connectivity index (χ4v) is 6.86. The molecule has 9 rings (SSSR count). The molecule has 0 fully saturated rings. The average molecular weight is 1520 g/mol. The van der Waals surface area contributed by atoms with Crippen molar-refractivity contribution in [1.82, 2.24) is 19.9 Å². The van der Waals surface area contributed by atoms with Crippen molar-refractivity contribution in [3.05, 3.63) is 251 Å². The predicted molar refractivity (Wildman–Crippen MR) is 368 cm³/mol. The van der Waals surface area contributed by atoms with Crippen molar-refractivity contribution in [1.29, 1.82) is 0 Å². The molecule has 100 heavy (non-hydrogen) atoms. The molecule has 2 amide bonds. The summed E-state index contributed by atoms with van der Waals surface area (Å²) < 4.78 is 60.3. The Hall–Kier alpha value is -11.3. The van der Waals surface area contributed by atoms with Crippen LogP contribution in [-0.4, -0.2) is 138 Å². The van der Waals surface area contributed by atoms with Gasteiger partial charge in [-0.3, -0.25) is 29.8 Å². The maximum absolute atomic E-state index is 14.2. The zero-order valence-electron chi connectivity index (χ0n) is 53.0. The van der Waals surface area contributed by atoms with Crippen LogP contribution in [0.5, 0.6) is 23.0 Å². The molecule has 532 valence electrons. The lowest BCUT2D eigenvalue weighted by Crippen LogP contribution is -3.00. The van der Waals surface area contributed by atoms with E-state index in [0.717, 1.165) is 60.3 Å². The maximum atomic E-state index is 14.2. The second-order valence-electron chi connectivity index (χ2n) is 18.5. The van der Waals surface area contributed by atoms with E-state index in [-0.39, 0.29) is 123 Å². The minimum Gasteiger partial charge on any atom is -1.00 e. The number of nitrogen functional groups attached to an aromatic ring is 2. The van der Waals surface area contributed by atoms with E-state index in [9.17, 15) is 43.0 Å². The molecule has 2 aromatic heterocycles. The molecule has 2 heterocycles. The van der Waals surface area contributed by atoms with Crippen molar-refractivity contribution in [2.75, 3.05) is 104 Å². The second kappa shape index (κ2) is 49.2. The number of non-ortho nitro benzene ring substituents is 2. The Labute approximate surface area is 592 Å². The number of hydrogen-bond donors (Lipinski definition) is 13. The van der Waals surface area contributed by atoms with Crippen LogP contribution in [0.2, 0.25) is 5.28 Å². The molecular formula is C66H71ClF3IN13O16-. The molecule has 0 aliphatic heterocycles. The number of nitrogens with two attached hydrogens (primary N) is 2. The van der Waals surface area contributed by atoms with Gasteiger partial charge in [-0.05, 0) is 157 Å². The number of ether oxygens (including phenoxy) is 4. The number of carbonyl (C=O) groups is 2. The van der Waals surface area contributed by atoms with Gasteiger partial charge in [-0.2, -0.15) is 9.97 Å². The van der Waals surface area contributed by atoms with Crippen LogP contribution in [0.1, 0.15) is 0 Å². The van der Waals surface area contributed by atoms with Gasteiger partial charge in [0.25, 0.3) is 11.4 Å². The van der Waals surface area contributed by atoms with E-state index in [1.165, 1.54) is 24.3 Å². The number of carbonyl (C=O) groups excluding carboxylic acids is 2. The second-order valence-corrected chi connectivity index (χ2v) is 18.9. The summed E-state index contributed by atoms with van der Waals surface area (Å²) in [4.78, 5) is 57.2. The molecule has 0 saturated heterocycles. The Morgan fingerprint density at radius 1 is 0.480 bits per heavy atom. The molecule has 0 radical (unpaired) electrons. The van der Waals surface area contributed by atoms with Gasteiger partial charge in [-0.15, -0.1) is 0 Å².